The summed E-state index contributed by atoms with van der Waals surface area (Å²) in [5.74, 6) is 0.490. The fourth-order valence-electron chi connectivity index (χ4n) is 3.19. The van der Waals surface area contributed by atoms with Gasteiger partial charge in [-0.15, -0.1) is 0 Å². The maximum atomic E-state index is 12.6. The molecule has 0 N–H and O–H groups in total. The Morgan fingerprint density at radius 1 is 1.40 bits per heavy atom. The summed E-state index contributed by atoms with van der Waals surface area (Å²) in [5, 5.41) is 0. The zero-order chi connectivity index (χ0) is 14.3. The van der Waals surface area contributed by atoms with Crippen LogP contribution in [0, 0.1) is 12.8 Å². The Kier molecular flexibility index (Phi) is 3.23. The van der Waals surface area contributed by atoms with Gasteiger partial charge in [0.2, 0.25) is 5.91 Å². The van der Waals surface area contributed by atoms with Crippen LogP contribution in [0.1, 0.15) is 35.5 Å². The number of amides is 2. The zero-order valence-electron chi connectivity index (χ0n) is 11.8. The number of carbonyl (C=O) groups is 2. The first-order valence-electron chi connectivity index (χ1n) is 7.04. The van der Waals surface area contributed by atoms with Gasteiger partial charge in [-0.3, -0.25) is 9.59 Å². The van der Waals surface area contributed by atoms with E-state index in [9.17, 15) is 9.59 Å². The van der Waals surface area contributed by atoms with E-state index in [-0.39, 0.29) is 23.8 Å². The molecule has 1 aromatic rings. The highest BCUT2D eigenvalue weighted by molar-refractivity contribution is 5.94. The SMILES string of the molecule is Cc1ocnc1C(=O)N1C[C@H]2CCC[C@@H](C1)N(C)C2=O. The van der Waals surface area contributed by atoms with Crippen LogP contribution in [0.3, 0.4) is 0 Å². The molecule has 0 radical (unpaired) electrons. The number of nitrogens with zero attached hydrogens (tertiary/aromatic N) is 3. The predicted molar refractivity (Wildman–Crippen MR) is 71.0 cm³/mol. The molecule has 2 bridgehead atoms. The molecule has 3 heterocycles. The van der Waals surface area contributed by atoms with Gasteiger partial charge >= 0.3 is 0 Å². The van der Waals surface area contributed by atoms with E-state index in [1.165, 1.54) is 6.39 Å². The summed E-state index contributed by atoms with van der Waals surface area (Å²) in [6.07, 6.45) is 4.16. The number of hydrogen-bond acceptors (Lipinski definition) is 4. The van der Waals surface area contributed by atoms with E-state index >= 15 is 0 Å². The third-order valence-electron chi connectivity index (χ3n) is 4.44. The summed E-state index contributed by atoms with van der Waals surface area (Å²) in [5.41, 5.74) is 0.361. The molecule has 2 fully saturated rings. The highest BCUT2D eigenvalue weighted by atomic mass is 16.3. The molecule has 2 aliphatic heterocycles. The smallest absolute Gasteiger partial charge is 0.276 e. The number of likely N-dealkylation sites (tertiary alicyclic amines) is 1. The largest absolute Gasteiger partial charge is 0.448 e. The number of hydrogen-bond donors (Lipinski definition) is 0. The van der Waals surface area contributed by atoms with Crippen LogP contribution in [-0.2, 0) is 4.79 Å². The standard InChI is InChI=1S/C14H19N3O3/c1-9-12(15-8-20-9)14(19)17-6-10-4-3-5-11(7-17)16(2)13(10)18/h8,10-11H,3-7H2,1-2H3/t10-,11+/m1/s1. The molecule has 2 atom stereocenters. The lowest BCUT2D eigenvalue weighted by Crippen LogP contribution is -2.42. The normalized spacial score (nSPS) is 26.6. The van der Waals surface area contributed by atoms with E-state index in [4.69, 9.17) is 4.42 Å². The molecule has 2 saturated heterocycles. The predicted octanol–water partition coefficient (Wildman–Crippen LogP) is 1.07. The number of carbonyl (C=O) groups excluding carboxylic acids is 2. The summed E-state index contributed by atoms with van der Waals surface area (Å²) in [4.78, 5) is 32.4. The van der Waals surface area contributed by atoms with E-state index in [1.807, 2.05) is 11.9 Å². The summed E-state index contributed by atoms with van der Waals surface area (Å²) >= 11 is 0. The Hall–Kier alpha value is -1.85. The van der Waals surface area contributed by atoms with Crippen molar-refractivity contribution in [1.29, 1.82) is 0 Å². The van der Waals surface area contributed by atoms with Gasteiger partial charge in [0.1, 0.15) is 5.76 Å². The van der Waals surface area contributed by atoms with Crippen molar-refractivity contribution in [2.75, 3.05) is 20.1 Å². The van der Waals surface area contributed by atoms with E-state index < -0.39 is 0 Å². The van der Waals surface area contributed by atoms with Crippen molar-refractivity contribution >= 4 is 11.8 Å². The topological polar surface area (TPSA) is 66.7 Å². The van der Waals surface area contributed by atoms with E-state index in [0.29, 0.717) is 24.5 Å². The molecule has 2 amide bonds. The van der Waals surface area contributed by atoms with E-state index in [1.54, 1.807) is 11.8 Å². The molecule has 0 unspecified atom stereocenters. The molecular weight excluding hydrogens is 258 g/mol. The second-order valence-corrected chi connectivity index (χ2v) is 5.70. The minimum absolute atomic E-state index is 0.0799. The lowest BCUT2D eigenvalue weighted by molar-refractivity contribution is -0.134. The Bertz CT molecular complexity index is 540. The summed E-state index contributed by atoms with van der Waals surface area (Å²) in [7, 11) is 1.85. The molecule has 0 saturated carbocycles. The van der Waals surface area contributed by atoms with Gasteiger partial charge in [0.05, 0.1) is 5.92 Å². The minimum Gasteiger partial charge on any atom is -0.448 e. The van der Waals surface area contributed by atoms with Crippen molar-refractivity contribution in [1.82, 2.24) is 14.8 Å². The Balaban J connectivity index is 1.87. The Labute approximate surface area is 117 Å². The maximum absolute atomic E-state index is 12.6. The van der Waals surface area contributed by atoms with Gasteiger partial charge in [-0.05, 0) is 19.8 Å². The van der Waals surface area contributed by atoms with Gasteiger partial charge < -0.3 is 14.2 Å². The van der Waals surface area contributed by atoms with Crippen LogP contribution in [0.4, 0.5) is 0 Å². The van der Waals surface area contributed by atoms with Crippen molar-refractivity contribution in [3.63, 3.8) is 0 Å². The van der Waals surface area contributed by atoms with Crippen molar-refractivity contribution in [3.05, 3.63) is 17.8 Å². The monoisotopic (exact) mass is 277 g/mol. The number of aromatic nitrogens is 1. The number of rotatable bonds is 1. The van der Waals surface area contributed by atoms with E-state index in [0.717, 1.165) is 19.3 Å². The lowest BCUT2D eigenvalue weighted by atomic mass is 9.99. The maximum Gasteiger partial charge on any atom is 0.276 e. The number of likely N-dealkylation sites (N-methyl/N-ethyl adjacent to an activating group) is 1. The second-order valence-electron chi connectivity index (χ2n) is 5.70. The fraction of sp³-hybridized carbons (Fsp3) is 0.643. The van der Waals surface area contributed by atoms with Gasteiger partial charge in [-0.25, -0.2) is 4.98 Å². The number of fused-ring (bicyclic) bond motifs is 3. The average Bonchev–Trinajstić information content (AvgIpc) is 2.73. The first kappa shape index (κ1) is 13.1. The highest BCUT2D eigenvalue weighted by Gasteiger charge is 2.38. The zero-order valence-corrected chi connectivity index (χ0v) is 11.8. The third kappa shape index (κ3) is 2.09. The van der Waals surface area contributed by atoms with Crippen LogP contribution >= 0.6 is 0 Å². The molecular formula is C14H19N3O3. The van der Waals surface area contributed by atoms with Crippen molar-refractivity contribution in [2.45, 2.75) is 32.2 Å². The highest BCUT2D eigenvalue weighted by Crippen LogP contribution is 2.27. The van der Waals surface area contributed by atoms with Gasteiger partial charge in [0.15, 0.2) is 12.1 Å². The molecule has 108 valence electrons. The fourth-order valence-corrected chi connectivity index (χ4v) is 3.19. The first-order valence-corrected chi connectivity index (χ1v) is 7.04. The van der Waals surface area contributed by atoms with Crippen LogP contribution in [-0.4, -0.2) is 52.8 Å². The first-order chi connectivity index (χ1) is 9.58. The second kappa shape index (κ2) is 4.92. The summed E-state index contributed by atoms with van der Waals surface area (Å²) in [6, 6.07) is 0.117. The van der Waals surface area contributed by atoms with Crippen LogP contribution in [0.15, 0.2) is 10.8 Å². The van der Waals surface area contributed by atoms with Crippen LogP contribution < -0.4 is 0 Å². The molecule has 2 aliphatic rings. The van der Waals surface area contributed by atoms with Crippen molar-refractivity contribution < 1.29 is 14.0 Å². The van der Waals surface area contributed by atoms with Crippen LogP contribution in [0.25, 0.3) is 0 Å². The minimum atomic E-state index is -0.128. The Morgan fingerprint density at radius 2 is 2.20 bits per heavy atom. The molecule has 0 spiro atoms. The number of oxazole rings is 1. The molecule has 20 heavy (non-hydrogen) atoms. The van der Waals surface area contributed by atoms with Crippen LogP contribution in [0.2, 0.25) is 0 Å². The van der Waals surface area contributed by atoms with Crippen molar-refractivity contribution in [3.8, 4) is 0 Å². The molecule has 0 aromatic carbocycles. The van der Waals surface area contributed by atoms with Crippen molar-refractivity contribution in [2.24, 2.45) is 5.92 Å². The van der Waals surface area contributed by atoms with Gasteiger partial charge in [0, 0.05) is 26.2 Å². The molecule has 3 rings (SSSR count). The molecule has 0 aliphatic carbocycles. The molecule has 6 nitrogen and oxygen atoms in total. The summed E-state index contributed by atoms with van der Waals surface area (Å²) in [6.45, 7) is 2.81. The van der Waals surface area contributed by atoms with E-state index in [2.05, 4.69) is 4.98 Å². The Morgan fingerprint density at radius 3 is 2.90 bits per heavy atom. The van der Waals surface area contributed by atoms with Gasteiger partial charge in [-0.1, -0.05) is 6.42 Å². The quantitative estimate of drug-likeness (QED) is 0.770. The lowest BCUT2D eigenvalue weighted by Gasteiger charge is -2.29. The average molecular weight is 277 g/mol. The van der Waals surface area contributed by atoms with Gasteiger partial charge in [0.25, 0.3) is 5.91 Å². The molecule has 6 heteroatoms. The summed E-state index contributed by atoms with van der Waals surface area (Å²) < 4.78 is 5.11. The number of aryl methyl sites for hydroxylation is 1. The van der Waals surface area contributed by atoms with Gasteiger partial charge in [-0.2, -0.15) is 0 Å². The van der Waals surface area contributed by atoms with Crippen LogP contribution in [0.5, 0.6) is 0 Å². The molecule has 1 aromatic heterocycles. The third-order valence-corrected chi connectivity index (χ3v) is 4.44.